The van der Waals surface area contributed by atoms with Crippen LogP contribution in [0.1, 0.15) is 44.8 Å². The molecule has 13 heteroatoms. The van der Waals surface area contributed by atoms with Crippen LogP contribution >= 0.6 is 23.1 Å². The third-order valence-corrected chi connectivity index (χ3v) is 9.09. The van der Waals surface area contributed by atoms with Crippen molar-refractivity contribution in [1.29, 1.82) is 0 Å². The molecule has 0 saturated heterocycles. The van der Waals surface area contributed by atoms with Crippen molar-refractivity contribution in [2.45, 2.75) is 30.7 Å². The molecule has 1 aliphatic heterocycles. The summed E-state index contributed by atoms with van der Waals surface area (Å²) >= 11 is 2.85. The highest BCUT2D eigenvalue weighted by atomic mass is 32.2. The topological polar surface area (TPSA) is 124 Å². The van der Waals surface area contributed by atoms with E-state index in [1.54, 1.807) is 42.7 Å². The Kier molecular flexibility index (Phi) is 9.27. The average Bonchev–Trinajstić information content (AvgIpc) is 3.90. The second-order valence-electron chi connectivity index (χ2n) is 9.98. The molecule has 0 aliphatic carbocycles. The number of nitrogens with one attached hydrogen (secondary N) is 1. The monoisotopic (exact) mass is 642 g/mol. The van der Waals surface area contributed by atoms with Crippen molar-refractivity contribution < 1.29 is 23.5 Å². The molecule has 6 rings (SSSR count). The lowest BCUT2D eigenvalue weighted by molar-refractivity contribution is -0.130. The summed E-state index contributed by atoms with van der Waals surface area (Å²) in [6, 6.07) is 22.4. The summed E-state index contributed by atoms with van der Waals surface area (Å²) < 4.78 is 18.4. The van der Waals surface area contributed by atoms with Crippen LogP contribution < -0.4 is 14.8 Å². The SMILES string of the molecule is COc1cccc([C@@H]2CC(c3cccs3)=NN2C(=O)CSc2nnc(CNC(=O)c3ccco3)n2Cc2ccccc2)c1OC. The standard InChI is InChI=1S/C32H30N6O5S2/c1-41-25-12-6-11-22(30(25)42-2)24-17-23(27-14-8-16-44-27)36-38(24)29(39)20-45-32-35-34-28(18-33-31(40)26-13-7-15-43-26)37(32)19-21-9-4-3-5-10-21/h3-16,24H,17-20H2,1-2H3,(H,33,40)/t24-/m0/s1. The summed E-state index contributed by atoms with van der Waals surface area (Å²) in [5.41, 5.74) is 2.67. The first-order valence-corrected chi connectivity index (χ1v) is 16.0. The van der Waals surface area contributed by atoms with E-state index in [1.165, 1.54) is 18.0 Å². The number of nitrogens with zero attached hydrogens (tertiary/aromatic N) is 5. The maximum Gasteiger partial charge on any atom is 0.287 e. The number of para-hydroxylation sites is 1. The number of amides is 2. The van der Waals surface area contributed by atoms with Crippen molar-refractivity contribution in [2.75, 3.05) is 20.0 Å². The number of rotatable bonds is 12. The smallest absolute Gasteiger partial charge is 0.287 e. The van der Waals surface area contributed by atoms with Gasteiger partial charge in [-0.2, -0.15) is 5.10 Å². The Morgan fingerprint density at radius 2 is 1.89 bits per heavy atom. The molecule has 1 atom stereocenters. The molecule has 0 spiro atoms. The predicted octanol–water partition coefficient (Wildman–Crippen LogP) is 5.40. The molecule has 4 heterocycles. The maximum atomic E-state index is 13.9. The number of benzene rings is 2. The number of aromatic nitrogens is 3. The average molecular weight is 643 g/mol. The molecule has 0 fully saturated rings. The second kappa shape index (κ2) is 13.8. The summed E-state index contributed by atoms with van der Waals surface area (Å²) in [6.45, 7) is 0.594. The number of hydrogen-bond acceptors (Lipinski definition) is 10. The van der Waals surface area contributed by atoms with E-state index in [4.69, 9.17) is 19.0 Å². The van der Waals surface area contributed by atoms with E-state index in [-0.39, 0.29) is 35.9 Å². The van der Waals surface area contributed by atoms with Gasteiger partial charge in [-0.1, -0.05) is 60.3 Å². The van der Waals surface area contributed by atoms with Crippen LogP contribution in [-0.2, 0) is 17.9 Å². The van der Waals surface area contributed by atoms with Crippen LogP contribution in [0.4, 0.5) is 0 Å². The summed E-state index contributed by atoms with van der Waals surface area (Å²) in [5.74, 6) is 1.43. The Bertz CT molecular complexity index is 1790. The molecule has 5 aromatic rings. The molecule has 3 aromatic heterocycles. The number of furan rings is 1. The van der Waals surface area contributed by atoms with E-state index < -0.39 is 0 Å². The quantitative estimate of drug-likeness (QED) is 0.180. The van der Waals surface area contributed by atoms with Gasteiger partial charge in [-0.05, 0) is 35.2 Å². The van der Waals surface area contributed by atoms with Gasteiger partial charge in [0, 0.05) is 12.0 Å². The first-order chi connectivity index (χ1) is 22.1. The van der Waals surface area contributed by atoms with Crippen molar-refractivity contribution in [3.05, 3.63) is 112 Å². The lowest BCUT2D eigenvalue weighted by Gasteiger charge is -2.24. The van der Waals surface area contributed by atoms with Gasteiger partial charge in [0.2, 0.25) is 0 Å². The zero-order chi connectivity index (χ0) is 31.2. The summed E-state index contributed by atoms with van der Waals surface area (Å²) in [4.78, 5) is 27.4. The van der Waals surface area contributed by atoms with E-state index >= 15 is 0 Å². The fraction of sp³-hybridized carbons (Fsp3) is 0.219. The first-order valence-electron chi connectivity index (χ1n) is 14.1. The minimum Gasteiger partial charge on any atom is -0.493 e. The second-order valence-corrected chi connectivity index (χ2v) is 11.9. The molecule has 0 radical (unpaired) electrons. The zero-order valence-corrected chi connectivity index (χ0v) is 26.2. The molecule has 0 bridgehead atoms. The Hall–Kier alpha value is -4.88. The van der Waals surface area contributed by atoms with E-state index in [1.807, 2.05) is 70.6 Å². The minimum absolute atomic E-state index is 0.0652. The number of hydrazone groups is 1. The third kappa shape index (κ3) is 6.64. The Morgan fingerprint density at radius 1 is 1.02 bits per heavy atom. The number of ether oxygens (including phenoxy) is 2. The lowest BCUT2D eigenvalue weighted by atomic mass is 9.99. The summed E-state index contributed by atoms with van der Waals surface area (Å²) in [6.07, 6.45) is 1.98. The number of hydrogen-bond donors (Lipinski definition) is 1. The van der Waals surface area contributed by atoms with Crippen LogP contribution in [-0.4, -0.2) is 57.3 Å². The molecule has 230 valence electrons. The van der Waals surface area contributed by atoms with Gasteiger partial charge in [-0.25, -0.2) is 5.01 Å². The highest BCUT2D eigenvalue weighted by Crippen LogP contribution is 2.42. The van der Waals surface area contributed by atoms with Gasteiger partial charge < -0.3 is 23.8 Å². The van der Waals surface area contributed by atoms with E-state index in [0.29, 0.717) is 35.4 Å². The fourth-order valence-corrected chi connectivity index (χ4v) is 6.61. The Balaban J connectivity index is 1.24. The predicted molar refractivity (Wildman–Crippen MR) is 171 cm³/mol. The number of thioether (sulfide) groups is 1. The van der Waals surface area contributed by atoms with Crippen molar-refractivity contribution >= 4 is 40.6 Å². The first kappa shape index (κ1) is 30.2. The Labute approximate surface area is 267 Å². The number of carbonyl (C=O) groups excluding carboxylic acids is 2. The van der Waals surface area contributed by atoms with E-state index in [2.05, 4.69) is 15.5 Å². The zero-order valence-electron chi connectivity index (χ0n) is 24.6. The number of thiophene rings is 1. The molecule has 0 saturated carbocycles. The summed E-state index contributed by atoms with van der Waals surface area (Å²) in [5, 5.41) is 20.5. The van der Waals surface area contributed by atoms with Crippen LogP contribution in [0.15, 0.2) is 99.1 Å². The van der Waals surface area contributed by atoms with Crippen molar-refractivity contribution in [3.8, 4) is 11.5 Å². The molecule has 0 unspecified atom stereocenters. The van der Waals surface area contributed by atoms with Crippen molar-refractivity contribution in [3.63, 3.8) is 0 Å². The van der Waals surface area contributed by atoms with Crippen LogP contribution in [0.2, 0.25) is 0 Å². The molecule has 45 heavy (non-hydrogen) atoms. The van der Waals surface area contributed by atoms with Gasteiger partial charge in [0.1, 0.15) is 0 Å². The Morgan fingerprint density at radius 3 is 2.62 bits per heavy atom. The number of methoxy groups -OCH3 is 2. The highest BCUT2D eigenvalue weighted by molar-refractivity contribution is 7.99. The van der Waals surface area contributed by atoms with Gasteiger partial charge in [0.15, 0.2) is 28.2 Å². The van der Waals surface area contributed by atoms with Gasteiger partial charge in [-0.15, -0.1) is 21.5 Å². The van der Waals surface area contributed by atoms with Crippen LogP contribution in [0.3, 0.4) is 0 Å². The minimum atomic E-state index is -0.380. The molecule has 11 nitrogen and oxygen atoms in total. The van der Waals surface area contributed by atoms with Crippen molar-refractivity contribution in [2.24, 2.45) is 5.10 Å². The normalized spacial score (nSPS) is 14.3. The molecule has 1 N–H and O–H groups in total. The van der Waals surface area contributed by atoms with E-state index in [9.17, 15) is 9.59 Å². The third-order valence-electron chi connectivity index (χ3n) is 7.22. The van der Waals surface area contributed by atoms with E-state index in [0.717, 1.165) is 21.7 Å². The molecular formula is C32H30N6O5S2. The molecule has 2 aromatic carbocycles. The number of carbonyl (C=O) groups is 2. The largest absolute Gasteiger partial charge is 0.493 e. The molecule has 2 amide bonds. The lowest BCUT2D eigenvalue weighted by Crippen LogP contribution is -2.29. The molecule has 1 aliphatic rings. The van der Waals surface area contributed by atoms with Crippen LogP contribution in [0, 0.1) is 0 Å². The van der Waals surface area contributed by atoms with Gasteiger partial charge in [-0.3, -0.25) is 9.59 Å². The van der Waals surface area contributed by atoms with Gasteiger partial charge >= 0.3 is 0 Å². The maximum absolute atomic E-state index is 13.9. The fourth-order valence-electron chi connectivity index (χ4n) is 5.08. The van der Waals surface area contributed by atoms with Gasteiger partial charge in [0.05, 0.1) is 56.0 Å². The highest BCUT2D eigenvalue weighted by Gasteiger charge is 2.36. The van der Waals surface area contributed by atoms with Crippen LogP contribution in [0.5, 0.6) is 11.5 Å². The van der Waals surface area contributed by atoms with Crippen LogP contribution in [0.25, 0.3) is 0 Å². The van der Waals surface area contributed by atoms with Gasteiger partial charge in [0.25, 0.3) is 11.8 Å². The molecular weight excluding hydrogens is 613 g/mol. The summed E-state index contributed by atoms with van der Waals surface area (Å²) in [7, 11) is 3.18. The van der Waals surface area contributed by atoms with Crippen molar-refractivity contribution in [1.82, 2.24) is 25.1 Å².